The zero-order valence-corrected chi connectivity index (χ0v) is 36.4. The van der Waals surface area contributed by atoms with E-state index < -0.39 is 0 Å². The summed E-state index contributed by atoms with van der Waals surface area (Å²) < 4.78 is 0. The van der Waals surface area contributed by atoms with Crippen LogP contribution in [0, 0.1) is 13.8 Å². The summed E-state index contributed by atoms with van der Waals surface area (Å²) in [7, 11) is 0. The van der Waals surface area contributed by atoms with Crippen LogP contribution in [0.5, 0.6) is 0 Å². The van der Waals surface area contributed by atoms with Gasteiger partial charge in [0.25, 0.3) is 23.6 Å². The van der Waals surface area contributed by atoms with Crippen molar-refractivity contribution in [3.63, 3.8) is 0 Å². The predicted molar refractivity (Wildman–Crippen MR) is 250 cm³/mol. The molecule has 7 aromatic rings. The molecule has 0 N–H and O–H groups in total. The number of imide groups is 2. The Balaban J connectivity index is 1.02. The number of aryl methyl sites for hydroxylation is 2. The fourth-order valence-electron chi connectivity index (χ4n) is 9.02. The molecule has 0 saturated heterocycles. The van der Waals surface area contributed by atoms with Crippen LogP contribution in [-0.2, 0) is 10.8 Å². The minimum absolute atomic E-state index is 0.276. The summed E-state index contributed by atoms with van der Waals surface area (Å²) in [6, 6.07) is 46.9. The van der Waals surface area contributed by atoms with E-state index in [1.807, 2.05) is 135 Å². The van der Waals surface area contributed by atoms with Crippen molar-refractivity contribution in [2.45, 2.75) is 66.2 Å². The molecule has 0 aliphatic carbocycles. The summed E-state index contributed by atoms with van der Waals surface area (Å²) in [5.41, 5.74) is 14.6. The van der Waals surface area contributed by atoms with Crippen molar-refractivity contribution in [1.29, 1.82) is 0 Å². The molecule has 7 aromatic carbocycles. The molecule has 0 spiro atoms. The number of carbonyl (C=O) groups is 4. The van der Waals surface area contributed by atoms with E-state index >= 15 is 0 Å². The Bertz CT molecular complexity index is 2780. The number of hydrogen-bond acceptors (Lipinski definition) is 4. The van der Waals surface area contributed by atoms with Crippen LogP contribution in [0.15, 0.2) is 146 Å². The van der Waals surface area contributed by atoms with Gasteiger partial charge in [-0.05, 0) is 129 Å². The van der Waals surface area contributed by atoms with Crippen molar-refractivity contribution in [2.75, 3.05) is 9.80 Å². The zero-order chi connectivity index (χ0) is 43.8. The van der Waals surface area contributed by atoms with E-state index in [0.717, 1.165) is 55.6 Å². The molecule has 4 amide bonds. The molecule has 306 valence electrons. The monoisotopic (exact) mass is 812 g/mol. The van der Waals surface area contributed by atoms with Gasteiger partial charge < -0.3 is 0 Å². The normalized spacial score (nSPS) is 13.9. The highest BCUT2D eigenvalue weighted by Crippen LogP contribution is 2.46. The highest BCUT2D eigenvalue weighted by atomic mass is 16.2. The summed E-state index contributed by atoms with van der Waals surface area (Å²) in [4.78, 5) is 57.6. The lowest BCUT2D eigenvalue weighted by Gasteiger charge is -2.35. The maximum atomic E-state index is 13.8. The smallest absolute Gasteiger partial charge is 0.266 e. The Labute approximate surface area is 363 Å². The fourth-order valence-corrected chi connectivity index (χ4v) is 9.02. The lowest BCUT2D eigenvalue weighted by molar-refractivity contribution is 0.0910. The summed E-state index contributed by atoms with van der Waals surface area (Å²) in [5.74, 6) is -1.32. The number of amides is 4. The molecule has 2 heterocycles. The van der Waals surface area contributed by atoms with Gasteiger partial charge in [-0.15, -0.1) is 0 Å². The first-order valence-electron chi connectivity index (χ1n) is 21.1. The van der Waals surface area contributed by atoms with Crippen molar-refractivity contribution in [3.8, 4) is 44.5 Å². The van der Waals surface area contributed by atoms with E-state index in [1.54, 1.807) is 12.1 Å². The molecule has 9 rings (SSSR count). The number of carbonyl (C=O) groups excluding carboxylic acids is 4. The molecule has 0 radical (unpaired) electrons. The van der Waals surface area contributed by atoms with E-state index in [-0.39, 0.29) is 34.5 Å². The first kappa shape index (κ1) is 40.2. The van der Waals surface area contributed by atoms with E-state index in [2.05, 4.69) is 53.7 Å². The topological polar surface area (TPSA) is 74.8 Å². The minimum Gasteiger partial charge on any atom is -0.268 e. The number of hydrogen-bond donors (Lipinski definition) is 0. The van der Waals surface area contributed by atoms with Gasteiger partial charge in [-0.3, -0.25) is 19.2 Å². The lowest BCUT2D eigenvalue weighted by Crippen LogP contribution is -2.29. The number of benzene rings is 7. The first-order valence-corrected chi connectivity index (χ1v) is 21.1. The first-order chi connectivity index (χ1) is 29.5. The van der Waals surface area contributed by atoms with E-state index in [0.29, 0.717) is 33.6 Å². The molecule has 0 aromatic heterocycles. The second-order valence-corrected chi connectivity index (χ2v) is 18.6. The van der Waals surface area contributed by atoms with Gasteiger partial charge in [-0.2, -0.15) is 0 Å². The maximum absolute atomic E-state index is 13.8. The molecule has 6 nitrogen and oxygen atoms in total. The van der Waals surface area contributed by atoms with Crippen molar-refractivity contribution < 1.29 is 19.2 Å². The average molecular weight is 813 g/mol. The van der Waals surface area contributed by atoms with Crippen LogP contribution in [0.25, 0.3) is 44.5 Å². The third kappa shape index (κ3) is 6.86. The van der Waals surface area contributed by atoms with Crippen LogP contribution in [0.1, 0.15) is 105 Å². The summed E-state index contributed by atoms with van der Waals surface area (Å²) in [6.45, 7) is 17.4. The minimum atomic E-state index is -0.331. The van der Waals surface area contributed by atoms with Crippen LogP contribution < -0.4 is 9.80 Å². The Morgan fingerprint density at radius 3 is 0.903 bits per heavy atom. The molecular weight excluding hydrogens is 765 g/mol. The van der Waals surface area contributed by atoms with E-state index in [1.165, 1.54) is 20.9 Å². The number of nitrogens with zero attached hydrogens (tertiary/aromatic N) is 2. The molecule has 2 aliphatic rings. The second-order valence-electron chi connectivity index (χ2n) is 18.6. The fraction of sp³-hybridized carbons (Fsp3) is 0.179. The molecule has 0 saturated carbocycles. The predicted octanol–water partition coefficient (Wildman–Crippen LogP) is 13.2. The van der Waals surface area contributed by atoms with Gasteiger partial charge in [-0.1, -0.05) is 150 Å². The summed E-state index contributed by atoms with van der Waals surface area (Å²) in [5, 5.41) is 0. The Morgan fingerprint density at radius 2 is 0.581 bits per heavy atom. The van der Waals surface area contributed by atoms with Gasteiger partial charge in [-0.25, -0.2) is 9.80 Å². The molecule has 0 bridgehead atoms. The Kier molecular flexibility index (Phi) is 9.59. The highest BCUT2D eigenvalue weighted by molar-refractivity contribution is 6.35. The zero-order valence-electron chi connectivity index (χ0n) is 36.4. The molecule has 0 unspecified atom stereocenters. The molecule has 62 heavy (non-hydrogen) atoms. The molecule has 2 aliphatic heterocycles. The van der Waals surface area contributed by atoms with Gasteiger partial charge >= 0.3 is 0 Å². The molecule has 0 fully saturated rings. The number of anilines is 2. The van der Waals surface area contributed by atoms with Crippen molar-refractivity contribution in [3.05, 3.63) is 190 Å². The van der Waals surface area contributed by atoms with Crippen LogP contribution in [0.2, 0.25) is 0 Å². The van der Waals surface area contributed by atoms with E-state index in [9.17, 15) is 19.2 Å². The molecule has 6 heteroatoms. The van der Waals surface area contributed by atoms with Crippen molar-refractivity contribution >= 4 is 35.0 Å². The van der Waals surface area contributed by atoms with Crippen molar-refractivity contribution in [2.24, 2.45) is 0 Å². The quantitative estimate of drug-likeness (QED) is 0.157. The number of rotatable bonds is 6. The van der Waals surface area contributed by atoms with Gasteiger partial charge in [0, 0.05) is 0 Å². The SMILES string of the molecule is Cc1ccc(-c2ccc3c(c2)C(=O)N(c2ccc(-c4ccc(-c5ccc(N6C(=O)c7ccc(-c8ccc(C)cc8)cc7C6=O)cc5)c(C(C)(C)C)c4C(C)(C)C)cc2)C3=O)cc1. The number of fused-ring (bicyclic) bond motifs is 2. The van der Waals surface area contributed by atoms with Gasteiger partial charge in [0.15, 0.2) is 0 Å². The third-order valence-electron chi connectivity index (χ3n) is 12.1. The average Bonchev–Trinajstić information content (AvgIpc) is 3.65. The van der Waals surface area contributed by atoms with Crippen LogP contribution in [-0.4, -0.2) is 23.6 Å². The van der Waals surface area contributed by atoms with Gasteiger partial charge in [0.2, 0.25) is 0 Å². The van der Waals surface area contributed by atoms with Gasteiger partial charge in [0.05, 0.1) is 33.6 Å². The maximum Gasteiger partial charge on any atom is 0.266 e. The van der Waals surface area contributed by atoms with Crippen LogP contribution in [0.4, 0.5) is 11.4 Å². The second kappa shape index (κ2) is 14.8. The van der Waals surface area contributed by atoms with E-state index in [4.69, 9.17) is 0 Å². The standard InChI is InChI=1S/C56H48N2O4/c1-33-9-13-35(14-10-33)39-21-27-45-47(31-39)53(61)57(51(45)59)41-23-17-37(18-24-41)43-29-30-44(50(56(6,7)8)49(43)55(3,4)5)38-19-25-42(26-20-38)58-52(60)46-28-22-40(32-48(46)54(58)62)36-15-11-34(2)12-16-36/h9-32H,1-8H3. The largest absolute Gasteiger partial charge is 0.268 e. The molecular formula is C56H48N2O4. The Morgan fingerprint density at radius 1 is 0.306 bits per heavy atom. The van der Waals surface area contributed by atoms with Gasteiger partial charge in [0.1, 0.15) is 0 Å². The highest BCUT2D eigenvalue weighted by Gasteiger charge is 2.39. The summed E-state index contributed by atoms with van der Waals surface area (Å²) >= 11 is 0. The van der Waals surface area contributed by atoms with Crippen LogP contribution >= 0.6 is 0 Å². The third-order valence-corrected chi connectivity index (χ3v) is 12.1. The Hall–Kier alpha value is -7.18. The van der Waals surface area contributed by atoms with Crippen molar-refractivity contribution in [1.82, 2.24) is 0 Å². The summed E-state index contributed by atoms with van der Waals surface area (Å²) in [6.07, 6.45) is 0. The lowest BCUT2D eigenvalue weighted by atomic mass is 9.69. The van der Waals surface area contributed by atoms with Crippen LogP contribution in [0.3, 0.4) is 0 Å². The molecule has 0 atom stereocenters.